The monoisotopic (exact) mass is 222 g/mol. The van der Waals surface area contributed by atoms with Crippen LogP contribution in [-0.2, 0) is 0 Å². The molecule has 82 valence electrons. The van der Waals surface area contributed by atoms with Crippen molar-refractivity contribution in [2.24, 2.45) is 0 Å². The van der Waals surface area contributed by atoms with E-state index < -0.39 is 8.32 Å². The zero-order chi connectivity index (χ0) is 11.3. The van der Waals surface area contributed by atoms with Gasteiger partial charge in [-0.15, -0.1) is 0 Å². The lowest BCUT2D eigenvalue weighted by Gasteiger charge is -2.19. The van der Waals surface area contributed by atoms with Crippen molar-refractivity contribution in [3.63, 3.8) is 0 Å². The van der Waals surface area contributed by atoms with Gasteiger partial charge in [-0.3, -0.25) is 0 Å². The summed E-state index contributed by atoms with van der Waals surface area (Å²) in [6.45, 7) is 10.6. The molecule has 0 spiro atoms. The second-order valence-corrected chi connectivity index (χ2v) is 8.71. The molecule has 0 bridgehead atoms. The first-order chi connectivity index (χ1) is 7.01. The third kappa shape index (κ3) is 4.70. The van der Waals surface area contributed by atoms with Crippen LogP contribution in [0.5, 0.6) is 11.5 Å². The molecule has 0 amide bonds. The molecule has 0 radical (unpaired) electrons. The van der Waals surface area contributed by atoms with Crippen LogP contribution in [0.4, 0.5) is 0 Å². The molecule has 1 aromatic carbocycles. The van der Waals surface area contributed by atoms with E-state index in [0.29, 0.717) is 6.61 Å². The highest BCUT2D eigenvalue weighted by molar-refractivity contribution is 6.70. The van der Waals surface area contributed by atoms with Crippen molar-refractivity contribution >= 4 is 8.32 Å². The fourth-order valence-electron chi connectivity index (χ4n) is 1.11. The lowest BCUT2D eigenvalue weighted by Crippen LogP contribution is -2.29. The van der Waals surface area contributed by atoms with Crippen LogP contribution < -0.4 is 9.16 Å². The minimum atomic E-state index is -1.50. The molecule has 0 saturated heterocycles. The van der Waals surface area contributed by atoms with E-state index in [1.165, 1.54) is 0 Å². The van der Waals surface area contributed by atoms with Gasteiger partial charge in [-0.05, 0) is 43.9 Å². The summed E-state index contributed by atoms with van der Waals surface area (Å²) in [6, 6.07) is 7.71. The van der Waals surface area contributed by atoms with Gasteiger partial charge >= 0.3 is 0 Å². The molecule has 0 aliphatic carbocycles. The van der Waals surface area contributed by atoms with Crippen LogP contribution in [0.25, 0.3) is 0 Å². The Kier molecular flexibility index (Phi) is 3.97. The second kappa shape index (κ2) is 5.03. The average molecular weight is 222 g/mol. The lowest BCUT2D eigenvalue weighted by atomic mass is 10.3. The Bertz CT molecular complexity index is 311. The molecule has 0 atom stereocenters. The predicted molar refractivity (Wildman–Crippen MR) is 66.1 cm³/mol. The Balaban J connectivity index is 2.60. The molecular weight excluding hydrogens is 204 g/mol. The summed E-state index contributed by atoms with van der Waals surface area (Å²) in [7, 11) is -1.50. The third-order valence-corrected chi connectivity index (χ3v) is 2.46. The van der Waals surface area contributed by atoms with Gasteiger partial charge in [-0.25, -0.2) is 0 Å². The molecule has 0 aliphatic heterocycles. The van der Waals surface area contributed by atoms with E-state index in [1.807, 2.05) is 24.3 Å². The van der Waals surface area contributed by atoms with Crippen LogP contribution in [0, 0.1) is 0 Å². The van der Waals surface area contributed by atoms with Gasteiger partial charge in [0.1, 0.15) is 18.1 Å². The van der Waals surface area contributed by atoms with E-state index in [1.54, 1.807) is 6.08 Å². The summed E-state index contributed by atoms with van der Waals surface area (Å²) in [6.07, 6.45) is 1.73. The van der Waals surface area contributed by atoms with Gasteiger partial charge < -0.3 is 9.16 Å². The van der Waals surface area contributed by atoms with E-state index in [0.717, 1.165) is 11.5 Å². The Labute approximate surface area is 92.7 Å². The molecule has 1 aromatic rings. The number of ether oxygens (including phenoxy) is 1. The van der Waals surface area contributed by atoms with E-state index in [9.17, 15) is 0 Å². The summed E-state index contributed by atoms with van der Waals surface area (Å²) in [4.78, 5) is 0. The highest BCUT2D eigenvalue weighted by Crippen LogP contribution is 2.20. The van der Waals surface area contributed by atoms with Gasteiger partial charge in [0.2, 0.25) is 8.32 Å². The highest BCUT2D eigenvalue weighted by atomic mass is 28.4. The maximum Gasteiger partial charge on any atom is 0.242 e. The van der Waals surface area contributed by atoms with E-state index in [4.69, 9.17) is 9.16 Å². The van der Waals surface area contributed by atoms with Gasteiger partial charge in [0.05, 0.1) is 0 Å². The minimum absolute atomic E-state index is 0.536. The van der Waals surface area contributed by atoms with E-state index in [-0.39, 0.29) is 0 Å². The number of benzene rings is 1. The quantitative estimate of drug-likeness (QED) is 0.561. The molecule has 0 N–H and O–H groups in total. The van der Waals surface area contributed by atoms with E-state index >= 15 is 0 Å². The fourth-order valence-corrected chi connectivity index (χ4v) is 1.96. The molecule has 3 heteroatoms. The highest BCUT2D eigenvalue weighted by Gasteiger charge is 2.15. The van der Waals surface area contributed by atoms with Gasteiger partial charge in [0, 0.05) is 0 Å². The summed E-state index contributed by atoms with van der Waals surface area (Å²) < 4.78 is 11.2. The van der Waals surface area contributed by atoms with Crippen molar-refractivity contribution in [2.75, 3.05) is 6.61 Å². The topological polar surface area (TPSA) is 18.5 Å². The van der Waals surface area contributed by atoms with Crippen LogP contribution in [0.1, 0.15) is 0 Å². The largest absolute Gasteiger partial charge is 0.544 e. The zero-order valence-corrected chi connectivity index (χ0v) is 10.6. The van der Waals surface area contributed by atoms with E-state index in [2.05, 4.69) is 26.2 Å². The Morgan fingerprint density at radius 3 is 2.13 bits per heavy atom. The summed E-state index contributed by atoms with van der Waals surface area (Å²) in [5, 5.41) is 0. The zero-order valence-electron chi connectivity index (χ0n) is 9.62. The van der Waals surface area contributed by atoms with Crippen LogP contribution in [-0.4, -0.2) is 14.9 Å². The van der Waals surface area contributed by atoms with Gasteiger partial charge in [0.15, 0.2) is 0 Å². The maximum absolute atomic E-state index is 5.82. The molecule has 0 unspecified atom stereocenters. The predicted octanol–water partition coefficient (Wildman–Crippen LogP) is 3.47. The van der Waals surface area contributed by atoms with Crippen LogP contribution in [0.15, 0.2) is 36.9 Å². The van der Waals surface area contributed by atoms with Crippen LogP contribution in [0.2, 0.25) is 19.6 Å². The van der Waals surface area contributed by atoms with Crippen LogP contribution in [0.3, 0.4) is 0 Å². The normalized spacial score (nSPS) is 10.9. The molecule has 2 nitrogen and oxygen atoms in total. The first-order valence-electron chi connectivity index (χ1n) is 5.04. The Morgan fingerprint density at radius 1 is 1.13 bits per heavy atom. The summed E-state index contributed by atoms with van der Waals surface area (Å²) in [5.74, 6) is 1.76. The van der Waals surface area contributed by atoms with Crippen molar-refractivity contribution in [3.8, 4) is 11.5 Å². The van der Waals surface area contributed by atoms with Crippen molar-refractivity contribution < 1.29 is 9.16 Å². The third-order valence-electron chi connectivity index (χ3n) is 1.62. The minimum Gasteiger partial charge on any atom is -0.544 e. The molecule has 15 heavy (non-hydrogen) atoms. The average Bonchev–Trinajstić information content (AvgIpc) is 2.14. The van der Waals surface area contributed by atoms with Crippen molar-refractivity contribution in [3.05, 3.63) is 36.9 Å². The van der Waals surface area contributed by atoms with Crippen molar-refractivity contribution in [2.45, 2.75) is 19.6 Å². The molecule has 0 fully saturated rings. The first kappa shape index (κ1) is 11.8. The van der Waals surface area contributed by atoms with Crippen molar-refractivity contribution in [1.82, 2.24) is 0 Å². The molecular formula is C12H18O2Si. The smallest absolute Gasteiger partial charge is 0.242 e. The standard InChI is InChI=1S/C12H18O2Si/c1-5-10-13-11-6-8-12(9-7-11)14-15(2,3)4/h5-9H,1,10H2,2-4H3. The molecule has 0 heterocycles. The molecule has 0 aromatic heterocycles. The maximum atomic E-state index is 5.82. The first-order valence-corrected chi connectivity index (χ1v) is 8.45. The second-order valence-electron chi connectivity index (χ2n) is 4.29. The fraction of sp³-hybridized carbons (Fsp3) is 0.333. The number of hydrogen-bond acceptors (Lipinski definition) is 2. The number of hydrogen-bond donors (Lipinski definition) is 0. The Morgan fingerprint density at radius 2 is 1.67 bits per heavy atom. The molecule has 0 saturated carbocycles. The molecule has 0 aliphatic rings. The van der Waals surface area contributed by atoms with Crippen molar-refractivity contribution in [1.29, 1.82) is 0 Å². The SMILES string of the molecule is C=CCOc1ccc(O[Si](C)(C)C)cc1. The summed E-state index contributed by atoms with van der Waals surface area (Å²) in [5.41, 5.74) is 0. The van der Waals surface area contributed by atoms with Crippen LogP contribution >= 0.6 is 0 Å². The van der Waals surface area contributed by atoms with Gasteiger partial charge in [-0.1, -0.05) is 12.7 Å². The van der Waals surface area contributed by atoms with Gasteiger partial charge in [0.25, 0.3) is 0 Å². The Hall–Kier alpha value is -1.22. The summed E-state index contributed by atoms with van der Waals surface area (Å²) >= 11 is 0. The van der Waals surface area contributed by atoms with Gasteiger partial charge in [-0.2, -0.15) is 0 Å². The number of rotatable bonds is 5. The lowest BCUT2D eigenvalue weighted by molar-refractivity contribution is 0.362. The molecule has 1 rings (SSSR count).